The Morgan fingerprint density at radius 2 is 2.00 bits per heavy atom. The van der Waals surface area contributed by atoms with Crippen molar-refractivity contribution < 1.29 is 19.1 Å². The number of nitrogens with zero attached hydrogens (tertiary/aromatic N) is 4. The van der Waals surface area contributed by atoms with E-state index in [1.54, 1.807) is 45.0 Å². The van der Waals surface area contributed by atoms with Crippen molar-refractivity contribution in [3.63, 3.8) is 0 Å². The Labute approximate surface area is 138 Å². The van der Waals surface area contributed by atoms with Crippen LogP contribution in [0.15, 0.2) is 29.4 Å². The fourth-order valence-corrected chi connectivity index (χ4v) is 2.22. The molecule has 2 rings (SSSR count). The molecule has 0 saturated heterocycles. The summed E-state index contributed by atoms with van der Waals surface area (Å²) in [5.74, 6) is -0.645. The second kappa shape index (κ2) is 6.64. The number of ether oxygens (including phenoxy) is 2. The summed E-state index contributed by atoms with van der Waals surface area (Å²) in [6.45, 7) is 5.35. The van der Waals surface area contributed by atoms with Gasteiger partial charge in [0.1, 0.15) is 11.3 Å². The van der Waals surface area contributed by atoms with Crippen molar-refractivity contribution >= 4 is 23.0 Å². The quantitative estimate of drug-likeness (QED) is 0.366. The first-order chi connectivity index (χ1) is 11.3. The van der Waals surface area contributed by atoms with Crippen LogP contribution in [-0.2, 0) is 16.0 Å². The molecule has 0 aliphatic carbocycles. The van der Waals surface area contributed by atoms with Gasteiger partial charge in [-0.2, -0.15) is 0 Å². The number of benzene rings is 1. The smallest absolute Gasteiger partial charge is 0.419 e. The number of carbonyl (C=O) groups excluding carboxylic acids is 2. The van der Waals surface area contributed by atoms with Gasteiger partial charge < -0.3 is 9.47 Å². The molecule has 126 valence electrons. The third-order valence-electron chi connectivity index (χ3n) is 3.16. The molecule has 0 atom stereocenters. The second-order valence-corrected chi connectivity index (χ2v) is 6.12. The Hall–Kier alpha value is -2.99. The van der Waals surface area contributed by atoms with Crippen LogP contribution >= 0.6 is 0 Å². The summed E-state index contributed by atoms with van der Waals surface area (Å²) in [5, 5.41) is 4.18. The molecular weight excluding hydrogens is 312 g/mol. The Morgan fingerprint density at radius 1 is 1.29 bits per heavy atom. The van der Waals surface area contributed by atoms with E-state index in [9.17, 15) is 9.59 Å². The number of azide groups is 1. The van der Waals surface area contributed by atoms with Gasteiger partial charge in [0.25, 0.3) is 0 Å². The van der Waals surface area contributed by atoms with Crippen LogP contribution in [0, 0.1) is 0 Å². The molecule has 1 aromatic carbocycles. The van der Waals surface area contributed by atoms with Crippen LogP contribution in [0.1, 0.15) is 36.8 Å². The number of hydrogen-bond donors (Lipinski definition) is 0. The summed E-state index contributed by atoms with van der Waals surface area (Å²) in [6.07, 6.45) is -0.682. The first kappa shape index (κ1) is 17.4. The third kappa shape index (κ3) is 3.67. The number of methoxy groups -OCH3 is 1. The molecule has 1 aromatic heterocycles. The van der Waals surface area contributed by atoms with Crippen molar-refractivity contribution in [1.29, 1.82) is 0 Å². The normalized spacial score (nSPS) is 11.0. The number of hydrogen-bond acceptors (Lipinski definition) is 5. The highest BCUT2D eigenvalue weighted by atomic mass is 16.6. The molecule has 2 aromatic rings. The van der Waals surface area contributed by atoms with Gasteiger partial charge in [-0.1, -0.05) is 17.2 Å². The molecule has 0 amide bonds. The fourth-order valence-electron chi connectivity index (χ4n) is 2.22. The number of carbonyl (C=O) groups is 2. The number of esters is 1. The van der Waals surface area contributed by atoms with E-state index >= 15 is 0 Å². The molecular formula is C16H18N4O4. The first-order valence-corrected chi connectivity index (χ1v) is 7.23. The highest BCUT2D eigenvalue weighted by Gasteiger charge is 2.25. The van der Waals surface area contributed by atoms with Crippen molar-refractivity contribution in [1.82, 2.24) is 4.57 Å². The minimum Gasteiger partial charge on any atom is -0.464 e. The Balaban J connectivity index is 2.63. The largest absolute Gasteiger partial charge is 0.464 e. The third-order valence-corrected chi connectivity index (χ3v) is 3.16. The molecule has 0 unspecified atom stereocenters. The van der Waals surface area contributed by atoms with Gasteiger partial charge in [0, 0.05) is 10.3 Å². The average molecular weight is 330 g/mol. The van der Waals surface area contributed by atoms with E-state index < -0.39 is 17.7 Å². The van der Waals surface area contributed by atoms with Gasteiger partial charge in [0.2, 0.25) is 0 Å². The minimum absolute atomic E-state index is 0.0719. The van der Waals surface area contributed by atoms with Gasteiger partial charge in [-0.25, -0.2) is 14.2 Å². The van der Waals surface area contributed by atoms with Gasteiger partial charge in [0.15, 0.2) is 0 Å². The summed E-state index contributed by atoms with van der Waals surface area (Å²) in [6, 6.07) is 6.74. The Bertz CT molecular complexity index is 842. The molecule has 24 heavy (non-hydrogen) atoms. The summed E-state index contributed by atoms with van der Waals surface area (Å²) < 4.78 is 11.3. The van der Waals surface area contributed by atoms with Crippen LogP contribution in [-0.4, -0.2) is 29.3 Å². The molecule has 8 heteroatoms. The number of fused-ring (bicyclic) bond motifs is 1. The maximum Gasteiger partial charge on any atom is 0.419 e. The van der Waals surface area contributed by atoms with Crippen molar-refractivity contribution in [3.8, 4) is 0 Å². The fraction of sp³-hybridized carbons (Fsp3) is 0.375. The highest BCUT2D eigenvalue weighted by Crippen LogP contribution is 2.24. The van der Waals surface area contributed by atoms with Crippen molar-refractivity contribution in [3.05, 3.63) is 46.0 Å². The van der Waals surface area contributed by atoms with E-state index in [0.717, 1.165) is 0 Å². The average Bonchev–Trinajstić information content (AvgIpc) is 2.89. The molecule has 0 radical (unpaired) electrons. The van der Waals surface area contributed by atoms with E-state index in [2.05, 4.69) is 10.0 Å². The molecule has 8 nitrogen and oxygen atoms in total. The lowest BCUT2D eigenvalue weighted by molar-refractivity contribution is 0.0489. The molecule has 0 spiro atoms. The molecule has 0 N–H and O–H groups in total. The maximum absolute atomic E-state index is 12.6. The molecule has 1 heterocycles. The lowest BCUT2D eigenvalue weighted by Crippen LogP contribution is -2.29. The van der Waals surface area contributed by atoms with Gasteiger partial charge in [-0.3, -0.25) is 0 Å². The number of aromatic nitrogens is 1. The summed E-state index contributed by atoms with van der Waals surface area (Å²) in [5.41, 5.74) is 8.98. The van der Waals surface area contributed by atoms with E-state index in [1.165, 1.54) is 11.7 Å². The van der Waals surface area contributed by atoms with E-state index in [0.29, 0.717) is 16.5 Å². The zero-order chi connectivity index (χ0) is 17.9. The van der Waals surface area contributed by atoms with Gasteiger partial charge >= 0.3 is 12.1 Å². The molecule has 0 fully saturated rings. The predicted octanol–water partition coefficient (Wildman–Crippen LogP) is 4.02. The van der Waals surface area contributed by atoms with Crippen molar-refractivity contribution in [2.45, 2.75) is 32.9 Å². The summed E-state index contributed by atoms with van der Waals surface area (Å²) >= 11 is 0. The maximum atomic E-state index is 12.6. The highest BCUT2D eigenvalue weighted by molar-refractivity contribution is 6.01. The SMILES string of the molecule is COC(=O)c1cc2ccc(CN=[N+]=[N-])cc2n1C(=O)OC(C)(C)C. The van der Waals surface area contributed by atoms with Gasteiger partial charge in [0.05, 0.1) is 19.2 Å². The molecule has 0 bridgehead atoms. The summed E-state index contributed by atoms with van der Waals surface area (Å²) in [4.78, 5) is 27.3. The van der Waals surface area contributed by atoms with Gasteiger partial charge in [-0.05, 0) is 44.0 Å². The molecule has 0 aliphatic rings. The Kier molecular flexibility index (Phi) is 4.80. The minimum atomic E-state index is -0.718. The van der Waals surface area contributed by atoms with Crippen molar-refractivity contribution in [2.75, 3.05) is 7.11 Å². The zero-order valence-corrected chi connectivity index (χ0v) is 13.9. The van der Waals surface area contributed by atoms with E-state index in [-0.39, 0.29) is 12.2 Å². The lowest BCUT2D eigenvalue weighted by Gasteiger charge is -2.20. The Morgan fingerprint density at radius 3 is 2.58 bits per heavy atom. The van der Waals surface area contributed by atoms with E-state index in [1.807, 2.05) is 0 Å². The summed E-state index contributed by atoms with van der Waals surface area (Å²) in [7, 11) is 1.24. The van der Waals surface area contributed by atoms with Gasteiger partial charge in [-0.15, -0.1) is 0 Å². The second-order valence-electron chi connectivity index (χ2n) is 6.12. The van der Waals surface area contributed by atoms with Crippen LogP contribution in [0.5, 0.6) is 0 Å². The standard InChI is InChI=1S/C16H18N4O4/c1-16(2,3)24-15(22)20-12-7-10(9-18-19-17)5-6-11(12)8-13(20)14(21)23-4/h5-8H,9H2,1-4H3. The predicted molar refractivity (Wildman–Crippen MR) is 87.8 cm³/mol. The topological polar surface area (TPSA) is 106 Å². The van der Waals surface area contributed by atoms with Crippen molar-refractivity contribution in [2.24, 2.45) is 5.11 Å². The monoisotopic (exact) mass is 330 g/mol. The van der Waals surface area contributed by atoms with Crippen LogP contribution in [0.25, 0.3) is 21.3 Å². The number of rotatable bonds is 3. The molecule has 0 saturated carbocycles. The van der Waals surface area contributed by atoms with E-state index in [4.69, 9.17) is 15.0 Å². The van der Waals surface area contributed by atoms with Crippen LogP contribution in [0.3, 0.4) is 0 Å². The van der Waals surface area contributed by atoms with Crippen LogP contribution in [0.4, 0.5) is 4.79 Å². The molecule has 0 aliphatic heterocycles. The lowest BCUT2D eigenvalue weighted by atomic mass is 10.1. The van der Waals surface area contributed by atoms with Crippen LogP contribution in [0.2, 0.25) is 0 Å². The first-order valence-electron chi connectivity index (χ1n) is 7.23. The van der Waals surface area contributed by atoms with Crippen LogP contribution < -0.4 is 0 Å². The zero-order valence-electron chi connectivity index (χ0n) is 13.9.